The molecule has 0 aromatic heterocycles. The second-order valence-corrected chi connectivity index (χ2v) is 6.34. The van der Waals surface area contributed by atoms with Gasteiger partial charge in [-0.2, -0.15) is 0 Å². The molecule has 3 atom stereocenters. The van der Waals surface area contributed by atoms with Gasteiger partial charge in [0, 0.05) is 13.2 Å². The summed E-state index contributed by atoms with van der Waals surface area (Å²) in [5.74, 6) is 1.81. The summed E-state index contributed by atoms with van der Waals surface area (Å²) < 4.78 is 5.52. The van der Waals surface area contributed by atoms with Crippen molar-refractivity contribution in [2.24, 2.45) is 11.8 Å². The molecule has 3 unspecified atom stereocenters. The third kappa shape index (κ3) is 4.97. The van der Waals surface area contributed by atoms with Gasteiger partial charge in [0.1, 0.15) is 0 Å². The minimum absolute atomic E-state index is 0.0257. The lowest BCUT2D eigenvalue weighted by atomic mass is 9.89. The molecule has 0 saturated heterocycles. The van der Waals surface area contributed by atoms with Gasteiger partial charge < -0.3 is 10.1 Å². The molecule has 0 spiro atoms. The molecule has 1 aliphatic carbocycles. The van der Waals surface area contributed by atoms with Crippen LogP contribution in [0.15, 0.2) is 0 Å². The molecule has 17 heavy (non-hydrogen) atoms. The van der Waals surface area contributed by atoms with Gasteiger partial charge in [0.2, 0.25) is 0 Å². The Morgan fingerprint density at radius 2 is 2.06 bits per heavy atom. The molecule has 1 rings (SSSR count). The van der Waals surface area contributed by atoms with Crippen LogP contribution >= 0.6 is 0 Å². The van der Waals surface area contributed by atoms with Crippen molar-refractivity contribution in [2.75, 3.05) is 13.7 Å². The van der Waals surface area contributed by atoms with Gasteiger partial charge in [-0.15, -0.1) is 0 Å². The highest BCUT2D eigenvalue weighted by molar-refractivity contribution is 4.85. The van der Waals surface area contributed by atoms with Gasteiger partial charge in [0.15, 0.2) is 0 Å². The van der Waals surface area contributed by atoms with E-state index in [9.17, 15) is 0 Å². The Bertz CT molecular complexity index is 215. The molecular formula is C15H31NO. The lowest BCUT2D eigenvalue weighted by molar-refractivity contribution is 0.0102. The quantitative estimate of drug-likeness (QED) is 0.735. The standard InChI is InChI=1S/C15H31NO/c1-6-16-14(9-10-15(3,4)17-5)13-8-7-12(2)11-13/h12-14,16H,6-11H2,1-5H3. The lowest BCUT2D eigenvalue weighted by Gasteiger charge is -2.29. The monoisotopic (exact) mass is 241 g/mol. The third-order valence-corrected chi connectivity index (χ3v) is 4.38. The van der Waals surface area contributed by atoms with Crippen molar-refractivity contribution in [3.63, 3.8) is 0 Å². The summed E-state index contributed by atoms with van der Waals surface area (Å²) >= 11 is 0. The Labute approximate surface area is 108 Å². The van der Waals surface area contributed by atoms with Crippen LogP contribution in [0.2, 0.25) is 0 Å². The molecule has 0 aliphatic heterocycles. The molecule has 2 nitrogen and oxygen atoms in total. The van der Waals surface area contributed by atoms with E-state index in [2.05, 4.69) is 33.0 Å². The van der Waals surface area contributed by atoms with E-state index < -0.39 is 0 Å². The first-order chi connectivity index (χ1) is 7.98. The van der Waals surface area contributed by atoms with Crippen molar-refractivity contribution >= 4 is 0 Å². The molecule has 0 radical (unpaired) electrons. The molecule has 0 aromatic rings. The zero-order valence-electron chi connectivity index (χ0n) is 12.4. The molecule has 1 aliphatic rings. The minimum atomic E-state index is 0.0257. The summed E-state index contributed by atoms with van der Waals surface area (Å²) in [5.41, 5.74) is 0.0257. The molecule has 0 bridgehead atoms. The second kappa shape index (κ2) is 6.75. The fraction of sp³-hybridized carbons (Fsp3) is 1.00. The van der Waals surface area contributed by atoms with Crippen LogP contribution in [0.1, 0.15) is 59.8 Å². The number of nitrogens with one attached hydrogen (secondary N) is 1. The summed E-state index contributed by atoms with van der Waals surface area (Å²) in [6, 6.07) is 0.694. The average Bonchev–Trinajstić information content (AvgIpc) is 2.71. The van der Waals surface area contributed by atoms with Crippen LogP contribution in [-0.4, -0.2) is 25.3 Å². The zero-order chi connectivity index (χ0) is 12.9. The summed E-state index contributed by atoms with van der Waals surface area (Å²) in [4.78, 5) is 0. The average molecular weight is 241 g/mol. The predicted octanol–water partition coefficient (Wildman–Crippen LogP) is 3.61. The van der Waals surface area contributed by atoms with E-state index in [4.69, 9.17) is 4.74 Å². The Morgan fingerprint density at radius 3 is 2.53 bits per heavy atom. The van der Waals surface area contributed by atoms with Crippen LogP contribution in [0.5, 0.6) is 0 Å². The summed E-state index contributed by atoms with van der Waals surface area (Å²) in [6.07, 6.45) is 6.62. The normalized spacial score (nSPS) is 27.4. The van der Waals surface area contributed by atoms with Gasteiger partial charge in [0.05, 0.1) is 5.60 Å². The maximum Gasteiger partial charge on any atom is 0.0623 e. The van der Waals surface area contributed by atoms with Crippen LogP contribution in [0, 0.1) is 11.8 Å². The highest BCUT2D eigenvalue weighted by atomic mass is 16.5. The van der Waals surface area contributed by atoms with Gasteiger partial charge in [-0.25, -0.2) is 0 Å². The number of ether oxygens (including phenoxy) is 1. The van der Waals surface area contributed by atoms with E-state index in [0.29, 0.717) is 6.04 Å². The van der Waals surface area contributed by atoms with Crippen molar-refractivity contribution in [2.45, 2.75) is 71.4 Å². The predicted molar refractivity (Wildman–Crippen MR) is 74.3 cm³/mol. The van der Waals surface area contributed by atoms with Gasteiger partial charge in [-0.05, 0) is 57.9 Å². The van der Waals surface area contributed by atoms with E-state index in [0.717, 1.165) is 24.8 Å². The lowest BCUT2D eigenvalue weighted by Crippen LogP contribution is -2.37. The third-order valence-electron chi connectivity index (χ3n) is 4.38. The molecule has 102 valence electrons. The molecule has 1 saturated carbocycles. The number of hydrogen-bond acceptors (Lipinski definition) is 2. The second-order valence-electron chi connectivity index (χ2n) is 6.34. The Morgan fingerprint density at radius 1 is 1.35 bits per heavy atom. The summed E-state index contributed by atoms with van der Waals surface area (Å²) in [6.45, 7) is 10.1. The molecule has 0 heterocycles. The number of rotatable bonds is 7. The van der Waals surface area contributed by atoms with Crippen LogP contribution in [0.25, 0.3) is 0 Å². The maximum absolute atomic E-state index is 5.52. The molecule has 1 N–H and O–H groups in total. The first-order valence-corrected chi connectivity index (χ1v) is 7.27. The summed E-state index contributed by atoms with van der Waals surface area (Å²) in [5, 5.41) is 3.69. The van der Waals surface area contributed by atoms with E-state index in [1.807, 2.05) is 7.11 Å². The van der Waals surface area contributed by atoms with Gasteiger partial charge in [-0.3, -0.25) is 0 Å². The minimum Gasteiger partial charge on any atom is -0.379 e. The number of methoxy groups -OCH3 is 1. The first kappa shape index (κ1) is 15.0. The van der Waals surface area contributed by atoms with Crippen molar-refractivity contribution in [3.05, 3.63) is 0 Å². The van der Waals surface area contributed by atoms with Crippen LogP contribution in [0.3, 0.4) is 0 Å². The maximum atomic E-state index is 5.52. The van der Waals surface area contributed by atoms with Gasteiger partial charge >= 0.3 is 0 Å². The highest BCUT2D eigenvalue weighted by Crippen LogP contribution is 2.34. The fourth-order valence-electron chi connectivity index (χ4n) is 2.99. The molecular weight excluding hydrogens is 210 g/mol. The van der Waals surface area contributed by atoms with Crippen LogP contribution < -0.4 is 5.32 Å². The van der Waals surface area contributed by atoms with Crippen molar-refractivity contribution in [1.82, 2.24) is 5.32 Å². The molecule has 0 amide bonds. The van der Waals surface area contributed by atoms with E-state index in [1.165, 1.54) is 25.7 Å². The summed E-state index contributed by atoms with van der Waals surface area (Å²) in [7, 11) is 1.82. The van der Waals surface area contributed by atoms with Crippen LogP contribution in [0.4, 0.5) is 0 Å². The molecule has 1 fully saturated rings. The Balaban J connectivity index is 2.43. The number of hydrogen-bond donors (Lipinski definition) is 1. The van der Waals surface area contributed by atoms with E-state index in [1.54, 1.807) is 0 Å². The van der Waals surface area contributed by atoms with E-state index in [-0.39, 0.29) is 5.60 Å². The Hall–Kier alpha value is -0.0800. The van der Waals surface area contributed by atoms with Crippen LogP contribution in [-0.2, 0) is 4.74 Å². The first-order valence-electron chi connectivity index (χ1n) is 7.27. The van der Waals surface area contributed by atoms with Crippen molar-refractivity contribution in [1.29, 1.82) is 0 Å². The largest absolute Gasteiger partial charge is 0.379 e. The smallest absolute Gasteiger partial charge is 0.0623 e. The topological polar surface area (TPSA) is 21.3 Å². The zero-order valence-corrected chi connectivity index (χ0v) is 12.4. The SMILES string of the molecule is CCNC(CCC(C)(C)OC)C1CCC(C)C1. The Kier molecular flexibility index (Phi) is 5.94. The highest BCUT2D eigenvalue weighted by Gasteiger charge is 2.29. The van der Waals surface area contributed by atoms with Crippen molar-refractivity contribution < 1.29 is 4.74 Å². The molecule has 2 heteroatoms. The molecule has 0 aromatic carbocycles. The fourth-order valence-corrected chi connectivity index (χ4v) is 2.99. The van der Waals surface area contributed by atoms with E-state index >= 15 is 0 Å². The van der Waals surface area contributed by atoms with Crippen molar-refractivity contribution in [3.8, 4) is 0 Å². The van der Waals surface area contributed by atoms with Gasteiger partial charge in [-0.1, -0.05) is 20.3 Å². The van der Waals surface area contributed by atoms with Gasteiger partial charge in [0.25, 0.3) is 0 Å².